The Balaban J connectivity index is 0.000000572. The Morgan fingerprint density at radius 2 is 1.74 bits per heavy atom. The first-order chi connectivity index (χ1) is 19.2. The lowest BCUT2D eigenvalue weighted by molar-refractivity contribution is -0.203. The van der Waals surface area contributed by atoms with Crippen LogP contribution < -0.4 is 17.2 Å². The minimum Gasteiger partial charge on any atom is -0.481 e. The van der Waals surface area contributed by atoms with Gasteiger partial charge in [-0.25, -0.2) is 9.78 Å². The highest BCUT2D eigenvalue weighted by molar-refractivity contribution is 7.80. The topological polar surface area (TPSA) is 278 Å². The molecule has 1 aromatic carbocycles. The van der Waals surface area contributed by atoms with E-state index < -0.39 is 34.0 Å². The smallest absolute Gasteiger partial charge is 0.418 e. The number of nitrogens with one attached hydrogen (secondary N) is 1. The Morgan fingerprint density at radius 3 is 2.10 bits per heavy atom. The lowest BCUT2D eigenvalue weighted by atomic mass is 10.1. The minimum atomic E-state index is -4.63. The van der Waals surface area contributed by atoms with Crippen molar-refractivity contribution in [2.24, 2.45) is 16.6 Å². The molecule has 3 rings (SSSR count). The number of primary amides is 1. The Kier molecular flexibility index (Phi) is 15.1. The molecule has 9 N–H and O–H groups in total. The second-order valence-corrected chi connectivity index (χ2v) is 10.5. The van der Waals surface area contributed by atoms with E-state index in [1.54, 1.807) is 19.2 Å². The number of nitrogens with two attached hydrogens (primary N) is 3. The minimum absolute atomic E-state index is 0.00333. The number of aliphatic carboxylic acids is 1. The fourth-order valence-corrected chi connectivity index (χ4v) is 3.44. The van der Waals surface area contributed by atoms with Gasteiger partial charge < -0.3 is 32.0 Å². The van der Waals surface area contributed by atoms with Crippen LogP contribution in [0.2, 0.25) is 0 Å². The van der Waals surface area contributed by atoms with E-state index >= 15 is 0 Å². The highest BCUT2D eigenvalue weighted by Gasteiger charge is 2.52. The highest BCUT2D eigenvalue weighted by atomic mass is 32.3. The number of amides is 3. The Morgan fingerprint density at radius 1 is 1.21 bits per heavy atom. The monoisotopic (exact) mass is 632 g/mol. The first kappa shape index (κ1) is 37.7. The van der Waals surface area contributed by atoms with Crippen LogP contribution in [0.5, 0.6) is 0 Å². The van der Waals surface area contributed by atoms with Gasteiger partial charge in [0.2, 0.25) is 0 Å². The third kappa shape index (κ3) is 13.4. The molecule has 2 aromatic rings. The van der Waals surface area contributed by atoms with Gasteiger partial charge in [-0.3, -0.25) is 19.6 Å². The van der Waals surface area contributed by atoms with Crippen LogP contribution in [-0.4, -0.2) is 81.8 Å². The van der Waals surface area contributed by atoms with E-state index in [1.807, 2.05) is 38.1 Å². The maximum Gasteiger partial charge on any atom is 0.418 e. The molecule has 0 aliphatic carbocycles. The van der Waals surface area contributed by atoms with E-state index in [2.05, 4.69) is 14.4 Å². The van der Waals surface area contributed by atoms with Gasteiger partial charge in [0.1, 0.15) is 23.8 Å². The van der Waals surface area contributed by atoms with Gasteiger partial charge in [0.25, 0.3) is 11.9 Å². The van der Waals surface area contributed by atoms with Crippen molar-refractivity contribution in [2.45, 2.75) is 46.7 Å². The number of benzene rings is 1. The van der Waals surface area contributed by atoms with Gasteiger partial charge >= 0.3 is 16.4 Å². The Labute approximate surface area is 247 Å². The number of carbonyl (C=O) groups excluding carboxylic acids is 2. The Hall–Kier alpha value is -4.33. The zero-order valence-corrected chi connectivity index (χ0v) is 25.5. The number of urea groups is 1. The van der Waals surface area contributed by atoms with E-state index in [0.29, 0.717) is 22.5 Å². The summed E-state index contributed by atoms with van der Waals surface area (Å²) in [5, 5.41) is 20.7. The molecule has 1 aromatic heterocycles. The van der Waals surface area contributed by atoms with Gasteiger partial charge in [-0.1, -0.05) is 41.9 Å². The van der Waals surface area contributed by atoms with Crippen LogP contribution in [0.3, 0.4) is 0 Å². The number of aryl methyl sites for hydroxylation is 1. The maximum atomic E-state index is 11.0. The molecule has 0 spiro atoms. The summed E-state index contributed by atoms with van der Waals surface area (Å²) in [5.41, 5.74) is 17.3. The molecule has 1 aliphatic heterocycles. The van der Waals surface area contributed by atoms with Gasteiger partial charge in [-0.2, -0.15) is 13.5 Å². The molecule has 234 valence electrons. The molecule has 1 aliphatic rings. The van der Waals surface area contributed by atoms with Crippen LogP contribution in [0.4, 0.5) is 9.93 Å². The zero-order valence-electron chi connectivity index (χ0n) is 23.9. The summed E-state index contributed by atoms with van der Waals surface area (Å²) < 4.78 is 33.0. The molecular formula is C23H36N8O9S2. The maximum absolute atomic E-state index is 11.0. The molecule has 0 saturated carbocycles. The largest absolute Gasteiger partial charge is 0.481 e. The molecular weight excluding hydrogens is 596 g/mol. The number of nitrogens with zero attached hydrogens (tertiary/aromatic N) is 4. The predicted molar refractivity (Wildman–Crippen MR) is 156 cm³/mol. The van der Waals surface area contributed by atoms with Crippen molar-refractivity contribution < 1.29 is 41.6 Å². The van der Waals surface area contributed by atoms with Crippen molar-refractivity contribution in [3.63, 3.8) is 0 Å². The summed E-state index contributed by atoms with van der Waals surface area (Å²) >= 11 is 1.21. The first-order valence-corrected chi connectivity index (χ1v) is 14.1. The number of hydroxylamine groups is 2. The second-order valence-electron chi connectivity index (χ2n) is 8.64. The number of hydrogen-bond donors (Lipinski definition) is 6. The molecule has 0 unspecified atom stereocenters. The summed E-state index contributed by atoms with van der Waals surface area (Å²) in [6, 6.07) is 6.95. The molecule has 3 amide bonds. The molecule has 0 atom stereocenters. The molecule has 0 bridgehead atoms. The predicted octanol–water partition coefficient (Wildman–Crippen LogP) is 1.54. The van der Waals surface area contributed by atoms with Crippen LogP contribution in [0.25, 0.3) is 0 Å². The summed E-state index contributed by atoms with van der Waals surface area (Å²) in [6.45, 7) is 8.58. The van der Waals surface area contributed by atoms with Crippen LogP contribution in [0.15, 0.2) is 34.8 Å². The van der Waals surface area contributed by atoms with Crippen LogP contribution >= 0.6 is 11.3 Å². The van der Waals surface area contributed by atoms with Crippen LogP contribution in [-0.2, 0) is 29.1 Å². The number of carbonyl (C=O) groups is 3. The molecule has 19 heteroatoms. The highest BCUT2D eigenvalue weighted by Crippen LogP contribution is 2.31. The molecule has 17 nitrogen and oxygen atoms in total. The van der Waals surface area contributed by atoms with Crippen molar-refractivity contribution in [3.8, 4) is 0 Å². The quantitative estimate of drug-likeness (QED) is 0.0794. The van der Waals surface area contributed by atoms with Crippen LogP contribution in [0.1, 0.15) is 50.9 Å². The lowest BCUT2D eigenvalue weighted by Gasteiger charge is -2.52. The molecule has 1 saturated heterocycles. The molecule has 0 radical (unpaired) electrons. The first-order valence-electron chi connectivity index (χ1n) is 11.8. The number of thiazole rings is 1. The third-order valence-electron chi connectivity index (χ3n) is 4.76. The van der Waals surface area contributed by atoms with Gasteiger partial charge in [0.05, 0.1) is 0 Å². The third-order valence-corrected chi connectivity index (χ3v) is 5.77. The normalized spacial score (nSPS) is 13.6. The van der Waals surface area contributed by atoms with E-state index in [-0.39, 0.29) is 11.5 Å². The summed E-state index contributed by atoms with van der Waals surface area (Å²) in [4.78, 5) is 41.1. The average molecular weight is 633 g/mol. The number of carboxylic acid groups (broad SMARTS) is 1. The average Bonchev–Trinajstić information content (AvgIpc) is 3.30. The fourth-order valence-electron chi connectivity index (χ4n) is 2.46. The SMILES string of the molecule is CC(=O)O.CCCO/N=C(\C(N)=O)c1csc(N)n1.CN1C(=O)N(OS(=O)(=O)O)C1(C)C.Cc1ccc(C(=N)N)cc1. The van der Waals surface area contributed by atoms with Crippen molar-refractivity contribution in [1.82, 2.24) is 14.9 Å². The van der Waals surface area contributed by atoms with Crippen molar-refractivity contribution in [1.29, 1.82) is 5.41 Å². The van der Waals surface area contributed by atoms with Gasteiger partial charge in [0.15, 0.2) is 10.8 Å². The summed E-state index contributed by atoms with van der Waals surface area (Å²) in [6.07, 6.45) is 0.800. The van der Waals surface area contributed by atoms with Crippen LogP contribution in [0, 0.1) is 12.3 Å². The molecule has 1 fully saturated rings. The van der Waals surface area contributed by atoms with Gasteiger partial charge in [0, 0.05) is 24.9 Å². The molecule has 2 heterocycles. The number of rotatable bonds is 8. The van der Waals surface area contributed by atoms with Gasteiger partial charge in [-0.15, -0.1) is 15.6 Å². The van der Waals surface area contributed by atoms with Gasteiger partial charge in [-0.05, 0) is 27.2 Å². The van der Waals surface area contributed by atoms with E-state index in [4.69, 9.17) is 41.9 Å². The number of nitrogen functional groups attached to an aromatic ring is 2. The standard InChI is InChI=1S/C8H12N4O2S.C8H10N2.C5H10N2O5S.C2H4O2/c1-2-3-14-12-6(7(9)13)5-4-15-8(10)11-5;1-6-2-4-7(5-3-6)8(9)10;1-5(2)6(3)4(8)7(5)12-13(9,10)11;1-2(3)4/h4H,2-3H2,1H3,(H2,9,13)(H2,10,11);2-5H,1H3,(H3,9,10);1-3H3,(H,9,10,11);1H3,(H,3,4)/b12-6-;;;. The number of oxime groups is 1. The fraction of sp³-hybridized carbons (Fsp3) is 0.391. The summed E-state index contributed by atoms with van der Waals surface area (Å²) in [5.74, 6) is -1.39. The van der Waals surface area contributed by atoms with Crippen molar-refractivity contribution >= 4 is 56.3 Å². The number of aromatic nitrogens is 1. The van der Waals surface area contributed by atoms with Crippen molar-refractivity contribution in [2.75, 3.05) is 19.4 Å². The van der Waals surface area contributed by atoms with E-state index in [0.717, 1.165) is 18.9 Å². The summed E-state index contributed by atoms with van der Waals surface area (Å²) in [7, 11) is -3.14. The Bertz CT molecular complexity index is 1360. The lowest BCUT2D eigenvalue weighted by Crippen LogP contribution is -2.72. The zero-order chi connectivity index (χ0) is 32.8. The van der Waals surface area contributed by atoms with E-state index in [9.17, 15) is 18.0 Å². The number of anilines is 1. The molecule has 42 heavy (non-hydrogen) atoms. The number of carboxylic acids is 1. The van der Waals surface area contributed by atoms with E-state index in [1.165, 1.54) is 28.8 Å². The number of amidine groups is 1. The number of hydrogen-bond acceptors (Lipinski definition) is 12. The van der Waals surface area contributed by atoms with Crippen molar-refractivity contribution in [3.05, 3.63) is 46.5 Å². The second kappa shape index (κ2) is 16.8.